The number of carbonyl (C=O) groups is 1. The summed E-state index contributed by atoms with van der Waals surface area (Å²) in [6.45, 7) is 3.90. The molecule has 2 aromatic rings. The van der Waals surface area contributed by atoms with Crippen LogP contribution in [0.1, 0.15) is 33.1 Å². The van der Waals surface area contributed by atoms with Crippen LogP contribution in [-0.4, -0.2) is 5.91 Å². The highest BCUT2D eigenvalue weighted by molar-refractivity contribution is 7.16. The van der Waals surface area contributed by atoms with Crippen LogP contribution < -0.4 is 5.32 Å². The van der Waals surface area contributed by atoms with Crippen molar-refractivity contribution in [2.24, 2.45) is 0 Å². The van der Waals surface area contributed by atoms with Crippen LogP contribution in [0.15, 0.2) is 23.6 Å². The van der Waals surface area contributed by atoms with E-state index in [0.29, 0.717) is 0 Å². The summed E-state index contributed by atoms with van der Waals surface area (Å²) in [7, 11) is 0. The maximum Gasteiger partial charge on any atom is 0.262 e. The van der Waals surface area contributed by atoms with Gasteiger partial charge in [0.2, 0.25) is 0 Å². The van der Waals surface area contributed by atoms with Crippen molar-refractivity contribution in [3.8, 4) is 0 Å². The van der Waals surface area contributed by atoms with Gasteiger partial charge in [-0.3, -0.25) is 4.79 Å². The van der Waals surface area contributed by atoms with Crippen molar-refractivity contribution >= 4 is 40.2 Å². The standard InChI is InChI=1S/C12H12ClNOS2/c1-7-5-6-16-11(7)12(15)14-8(2)9-3-4-10(13)17-9/h3-6,8H,1-2H3,(H,14,15). The predicted octanol–water partition coefficient (Wildman–Crippen LogP) is 4.26. The highest BCUT2D eigenvalue weighted by atomic mass is 35.5. The van der Waals surface area contributed by atoms with Gasteiger partial charge in [0, 0.05) is 4.88 Å². The molecule has 5 heteroatoms. The number of thiophene rings is 2. The summed E-state index contributed by atoms with van der Waals surface area (Å²) in [5.74, 6) is -0.0190. The molecule has 90 valence electrons. The first-order valence-electron chi connectivity index (χ1n) is 5.18. The van der Waals surface area contributed by atoms with E-state index in [1.165, 1.54) is 22.7 Å². The molecule has 1 amide bonds. The van der Waals surface area contributed by atoms with E-state index in [9.17, 15) is 4.79 Å². The molecule has 2 rings (SSSR count). The molecule has 0 aliphatic heterocycles. The monoisotopic (exact) mass is 285 g/mol. The van der Waals surface area contributed by atoms with Crippen molar-refractivity contribution in [3.05, 3.63) is 43.2 Å². The van der Waals surface area contributed by atoms with Crippen LogP contribution in [0.25, 0.3) is 0 Å². The molecule has 0 spiro atoms. The number of amides is 1. The molecule has 0 aliphatic carbocycles. The van der Waals surface area contributed by atoms with Crippen LogP contribution in [0.2, 0.25) is 4.34 Å². The van der Waals surface area contributed by atoms with E-state index in [1.807, 2.05) is 37.4 Å². The molecular weight excluding hydrogens is 274 g/mol. The second kappa shape index (κ2) is 5.21. The van der Waals surface area contributed by atoms with Crippen molar-refractivity contribution in [3.63, 3.8) is 0 Å². The van der Waals surface area contributed by atoms with Gasteiger partial charge in [0.15, 0.2) is 0 Å². The highest BCUT2D eigenvalue weighted by Gasteiger charge is 2.15. The summed E-state index contributed by atoms with van der Waals surface area (Å²) in [5, 5.41) is 4.90. The van der Waals surface area contributed by atoms with Gasteiger partial charge in [-0.15, -0.1) is 22.7 Å². The van der Waals surface area contributed by atoms with Crippen LogP contribution >= 0.6 is 34.3 Å². The zero-order valence-electron chi connectivity index (χ0n) is 9.49. The van der Waals surface area contributed by atoms with Gasteiger partial charge in [0.1, 0.15) is 0 Å². The Morgan fingerprint density at radius 3 is 2.71 bits per heavy atom. The Balaban J connectivity index is 2.07. The normalized spacial score (nSPS) is 12.4. The van der Waals surface area contributed by atoms with Crippen molar-refractivity contribution < 1.29 is 4.79 Å². The van der Waals surface area contributed by atoms with Crippen LogP contribution in [0.5, 0.6) is 0 Å². The van der Waals surface area contributed by atoms with Gasteiger partial charge in [-0.1, -0.05) is 11.6 Å². The van der Waals surface area contributed by atoms with Crippen molar-refractivity contribution in [2.75, 3.05) is 0 Å². The molecule has 0 saturated heterocycles. The van der Waals surface area contributed by atoms with E-state index in [4.69, 9.17) is 11.6 Å². The predicted molar refractivity (Wildman–Crippen MR) is 74.3 cm³/mol. The first-order chi connectivity index (χ1) is 8.08. The lowest BCUT2D eigenvalue weighted by molar-refractivity contribution is 0.0944. The third-order valence-electron chi connectivity index (χ3n) is 2.44. The number of nitrogens with one attached hydrogen (secondary N) is 1. The molecular formula is C12H12ClNOS2. The number of hydrogen-bond acceptors (Lipinski definition) is 3. The third kappa shape index (κ3) is 2.89. The summed E-state index contributed by atoms with van der Waals surface area (Å²) in [4.78, 5) is 13.8. The quantitative estimate of drug-likeness (QED) is 0.897. The van der Waals surface area contributed by atoms with Crippen molar-refractivity contribution in [1.29, 1.82) is 0 Å². The molecule has 0 fully saturated rings. The summed E-state index contributed by atoms with van der Waals surface area (Å²) in [6, 6.07) is 5.73. The molecule has 2 nitrogen and oxygen atoms in total. The molecule has 17 heavy (non-hydrogen) atoms. The van der Waals surface area contributed by atoms with Crippen molar-refractivity contribution in [1.82, 2.24) is 5.32 Å². The third-order valence-corrected chi connectivity index (χ3v) is 4.87. The first-order valence-corrected chi connectivity index (χ1v) is 7.25. The zero-order valence-corrected chi connectivity index (χ0v) is 11.9. The summed E-state index contributed by atoms with van der Waals surface area (Å²) >= 11 is 8.83. The van der Waals surface area contributed by atoms with E-state index in [1.54, 1.807) is 0 Å². The number of hydrogen-bond donors (Lipinski definition) is 1. The molecule has 0 saturated carbocycles. The smallest absolute Gasteiger partial charge is 0.262 e. The van der Waals surface area contributed by atoms with Crippen molar-refractivity contribution in [2.45, 2.75) is 19.9 Å². The fraction of sp³-hybridized carbons (Fsp3) is 0.250. The Kier molecular flexibility index (Phi) is 3.86. The van der Waals surface area contributed by atoms with Gasteiger partial charge < -0.3 is 5.32 Å². The van der Waals surface area contributed by atoms with Crippen LogP contribution in [-0.2, 0) is 0 Å². The minimum absolute atomic E-state index is 0.0125. The lowest BCUT2D eigenvalue weighted by atomic mass is 10.2. The van der Waals surface area contributed by atoms with E-state index < -0.39 is 0 Å². The van der Waals surface area contributed by atoms with Crippen LogP contribution in [0.4, 0.5) is 0 Å². The zero-order chi connectivity index (χ0) is 12.4. The summed E-state index contributed by atoms with van der Waals surface area (Å²) in [6.07, 6.45) is 0. The Morgan fingerprint density at radius 1 is 1.41 bits per heavy atom. The molecule has 1 atom stereocenters. The number of halogens is 1. The molecule has 0 aliphatic rings. The van der Waals surface area contributed by atoms with Gasteiger partial charge >= 0.3 is 0 Å². The average molecular weight is 286 g/mol. The van der Waals surface area contributed by atoms with E-state index in [0.717, 1.165) is 19.7 Å². The van der Waals surface area contributed by atoms with Gasteiger partial charge in [-0.25, -0.2) is 0 Å². The fourth-order valence-electron chi connectivity index (χ4n) is 1.50. The Morgan fingerprint density at radius 2 is 2.18 bits per heavy atom. The maximum atomic E-state index is 12.0. The van der Waals surface area contributed by atoms with Gasteiger partial charge in [-0.05, 0) is 43.0 Å². The van der Waals surface area contributed by atoms with E-state index >= 15 is 0 Å². The molecule has 1 unspecified atom stereocenters. The van der Waals surface area contributed by atoms with E-state index in [2.05, 4.69) is 5.32 Å². The largest absolute Gasteiger partial charge is 0.344 e. The summed E-state index contributed by atoms with van der Waals surface area (Å²) in [5.41, 5.74) is 1.02. The maximum absolute atomic E-state index is 12.0. The second-order valence-electron chi connectivity index (χ2n) is 3.77. The SMILES string of the molecule is Cc1ccsc1C(=O)NC(C)c1ccc(Cl)s1. The Bertz CT molecular complexity index is 532. The van der Waals surface area contributed by atoms with Gasteiger partial charge in [0.25, 0.3) is 5.91 Å². The first kappa shape index (κ1) is 12.6. The number of rotatable bonds is 3. The average Bonchev–Trinajstić information content (AvgIpc) is 2.86. The number of aryl methyl sites for hydroxylation is 1. The van der Waals surface area contributed by atoms with Crippen LogP contribution in [0.3, 0.4) is 0 Å². The molecule has 0 bridgehead atoms. The molecule has 1 N–H and O–H groups in total. The summed E-state index contributed by atoms with van der Waals surface area (Å²) < 4.78 is 0.744. The van der Waals surface area contributed by atoms with Gasteiger partial charge in [0.05, 0.1) is 15.3 Å². The Labute approximate surface area is 113 Å². The van der Waals surface area contributed by atoms with Gasteiger partial charge in [-0.2, -0.15) is 0 Å². The minimum atomic E-state index is -0.0190. The highest BCUT2D eigenvalue weighted by Crippen LogP contribution is 2.27. The fourth-order valence-corrected chi connectivity index (χ4v) is 3.39. The Hall–Kier alpha value is -0.840. The van der Waals surface area contributed by atoms with Crippen LogP contribution in [0, 0.1) is 6.92 Å². The minimum Gasteiger partial charge on any atom is -0.344 e. The second-order valence-corrected chi connectivity index (χ2v) is 6.43. The lowest BCUT2D eigenvalue weighted by Gasteiger charge is -2.11. The molecule has 2 heterocycles. The molecule has 0 aromatic carbocycles. The topological polar surface area (TPSA) is 29.1 Å². The lowest BCUT2D eigenvalue weighted by Crippen LogP contribution is -2.25. The number of carbonyl (C=O) groups excluding carboxylic acids is 1. The van der Waals surface area contributed by atoms with E-state index in [-0.39, 0.29) is 11.9 Å². The molecule has 2 aromatic heterocycles. The molecule has 0 radical (unpaired) electrons.